The number of nitrogens with one attached hydrogen (secondary N) is 2. The van der Waals surface area contributed by atoms with Gasteiger partial charge in [0.1, 0.15) is 18.0 Å². The fourth-order valence-electron chi connectivity index (χ4n) is 1.85. The number of rotatable bonds is 7. The maximum absolute atomic E-state index is 6.12. The lowest BCUT2D eigenvalue weighted by atomic mass is 10.2. The summed E-state index contributed by atoms with van der Waals surface area (Å²) >= 11 is 12.1. The Bertz CT molecular complexity index is 590. The molecule has 6 heteroatoms. The summed E-state index contributed by atoms with van der Waals surface area (Å²) in [6, 6.07) is 7.11. The Kier molecular flexibility index (Phi) is 6.08. The van der Waals surface area contributed by atoms with Crippen LogP contribution in [-0.4, -0.2) is 16.5 Å². The van der Waals surface area contributed by atoms with Gasteiger partial charge in [0.25, 0.3) is 0 Å². The van der Waals surface area contributed by atoms with Crippen molar-refractivity contribution in [1.82, 2.24) is 9.97 Å². The molecule has 0 aliphatic rings. The SMILES string of the molecule is CCCCCNc1cc(Nc2cc(Cl)ccc2Cl)ncn1. The van der Waals surface area contributed by atoms with Crippen LogP contribution < -0.4 is 10.6 Å². The number of halogens is 2. The number of hydrogen-bond donors (Lipinski definition) is 2. The summed E-state index contributed by atoms with van der Waals surface area (Å²) in [6.45, 7) is 3.09. The minimum Gasteiger partial charge on any atom is -0.370 e. The van der Waals surface area contributed by atoms with Crippen LogP contribution in [0.5, 0.6) is 0 Å². The Hall–Kier alpha value is -1.52. The quantitative estimate of drug-likeness (QED) is 0.693. The largest absolute Gasteiger partial charge is 0.370 e. The molecule has 21 heavy (non-hydrogen) atoms. The Balaban J connectivity index is 2.02. The second kappa shape index (κ2) is 8.05. The first-order valence-corrected chi connectivity index (χ1v) is 7.72. The Morgan fingerprint density at radius 1 is 1.05 bits per heavy atom. The number of benzene rings is 1. The maximum Gasteiger partial charge on any atom is 0.135 e. The van der Waals surface area contributed by atoms with Crippen molar-refractivity contribution in [3.05, 3.63) is 40.6 Å². The molecule has 0 fully saturated rings. The van der Waals surface area contributed by atoms with Crippen LogP contribution in [0.2, 0.25) is 10.0 Å². The lowest BCUT2D eigenvalue weighted by molar-refractivity contribution is 0.742. The van der Waals surface area contributed by atoms with Crippen LogP contribution in [0.15, 0.2) is 30.6 Å². The van der Waals surface area contributed by atoms with Crippen LogP contribution in [0.25, 0.3) is 0 Å². The van der Waals surface area contributed by atoms with Crippen molar-refractivity contribution in [2.75, 3.05) is 17.2 Å². The van der Waals surface area contributed by atoms with Gasteiger partial charge in [-0.2, -0.15) is 0 Å². The third-order valence-electron chi connectivity index (χ3n) is 2.94. The second-order valence-corrected chi connectivity index (χ2v) is 5.52. The van der Waals surface area contributed by atoms with Crippen molar-refractivity contribution in [2.45, 2.75) is 26.2 Å². The highest BCUT2D eigenvalue weighted by Crippen LogP contribution is 2.28. The van der Waals surface area contributed by atoms with Gasteiger partial charge < -0.3 is 10.6 Å². The number of unbranched alkanes of at least 4 members (excludes halogenated alkanes) is 2. The topological polar surface area (TPSA) is 49.8 Å². The summed E-state index contributed by atoms with van der Waals surface area (Å²) in [5, 5.41) is 7.64. The zero-order chi connectivity index (χ0) is 15.1. The number of hydrogen-bond acceptors (Lipinski definition) is 4. The maximum atomic E-state index is 6.12. The van der Waals surface area contributed by atoms with E-state index in [1.54, 1.807) is 18.2 Å². The van der Waals surface area contributed by atoms with E-state index >= 15 is 0 Å². The van der Waals surface area contributed by atoms with Crippen LogP contribution in [0.4, 0.5) is 17.3 Å². The van der Waals surface area contributed by atoms with Gasteiger partial charge in [0.2, 0.25) is 0 Å². The fraction of sp³-hybridized carbons (Fsp3) is 0.333. The summed E-state index contributed by atoms with van der Waals surface area (Å²) in [5.41, 5.74) is 0.722. The summed E-state index contributed by atoms with van der Waals surface area (Å²) in [5.74, 6) is 1.47. The first kappa shape index (κ1) is 15.9. The van der Waals surface area contributed by atoms with Crippen molar-refractivity contribution in [3.63, 3.8) is 0 Å². The summed E-state index contributed by atoms with van der Waals surface area (Å²) in [7, 11) is 0. The van der Waals surface area contributed by atoms with Gasteiger partial charge in [-0.1, -0.05) is 43.0 Å². The van der Waals surface area contributed by atoms with Gasteiger partial charge in [0.05, 0.1) is 10.7 Å². The van der Waals surface area contributed by atoms with Gasteiger partial charge in [-0.05, 0) is 24.6 Å². The van der Waals surface area contributed by atoms with E-state index in [0.29, 0.717) is 15.9 Å². The molecule has 0 radical (unpaired) electrons. The molecule has 2 aromatic rings. The monoisotopic (exact) mass is 324 g/mol. The van der Waals surface area contributed by atoms with Crippen molar-refractivity contribution in [2.24, 2.45) is 0 Å². The van der Waals surface area contributed by atoms with Crippen molar-refractivity contribution >= 4 is 40.5 Å². The van der Waals surface area contributed by atoms with Crippen LogP contribution >= 0.6 is 23.2 Å². The van der Waals surface area contributed by atoms with E-state index in [0.717, 1.165) is 24.5 Å². The molecule has 4 nitrogen and oxygen atoms in total. The molecule has 0 aliphatic carbocycles. The first-order valence-electron chi connectivity index (χ1n) is 6.97. The van der Waals surface area contributed by atoms with Crippen molar-refractivity contribution < 1.29 is 0 Å². The molecule has 0 atom stereocenters. The smallest absolute Gasteiger partial charge is 0.135 e. The first-order chi connectivity index (χ1) is 10.2. The molecule has 2 N–H and O–H groups in total. The van der Waals surface area contributed by atoms with Gasteiger partial charge in [0.15, 0.2) is 0 Å². The Morgan fingerprint density at radius 2 is 1.86 bits per heavy atom. The van der Waals surface area contributed by atoms with Crippen LogP contribution in [0.3, 0.4) is 0 Å². The van der Waals surface area contributed by atoms with E-state index in [2.05, 4.69) is 27.5 Å². The van der Waals surface area contributed by atoms with Crippen molar-refractivity contribution in [3.8, 4) is 0 Å². The Morgan fingerprint density at radius 3 is 2.67 bits per heavy atom. The fourth-order valence-corrected chi connectivity index (χ4v) is 2.18. The lowest BCUT2D eigenvalue weighted by Gasteiger charge is -2.10. The lowest BCUT2D eigenvalue weighted by Crippen LogP contribution is -2.04. The summed E-state index contributed by atoms with van der Waals surface area (Å²) in [4.78, 5) is 8.38. The van der Waals surface area contributed by atoms with Crippen LogP contribution in [0.1, 0.15) is 26.2 Å². The normalized spacial score (nSPS) is 10.4. The molecule has 0 spiro atoms. The summed E-state index contributed by atoms with van der Waals surface area (Å²) < 4.78 is 0. The molecule has 0 saturated heterocycles. The minimum atomic E-state index is 0.593. The molecule has 0 unspecified atom stereocenters. The molecule has 0 saturated carbocycles. The van der Waals surface area contributed by atoms with Gasteiger partial charge in [0, 0.05) is 17.6 Å². The molecular formula is C15H18Cl2N4. The molecule has 112 valence electrons. The number of nitrogens with zero attached hydrogens (tertiary/aromatic N) is 2. The van der Waals surface area contributed by atoms with E-state index in [1.807, 2.05) is 6.07 Å². The van der Waals surface area contributed by atoms with E-state index in [4.69, 9.17) is 23.2 Å². The predicted octanol–water partition coefficient (Wildman–Crippen LogP) is 5.13. The highest BCUT2D eigenvalue weighted by Gasteiger charge is 2.04. The zero-order valence-electron chi connectivity index (χ0n) is 11.9. The van der Waals surface area contributed by atoms with Crippen LogP contribution in [0, 0.1) is 0 Å². The summed E-state index contributed by atoms with van der Waals surface area (Å²) in [6.07, 6.45) is 5.05. The molecule has 2 rings (SSSR count). The highest BCUT2D eigenvalue weighted by atomic mass is 35.5. The van der Waals surface area contributed by atoms with E-state index in [9.17, 15) is 0 Å². The van der Waals surface area contributed by atoms with E-state index < -0.39 is 0 Å². The predicted molar refractivity (Wildman–Crippen MR) is 89.8 cm³/mol. The molecule has 1 aromatic carbocycles. The zero-order valence-corrected chi connectivity index (χ0v) is 13.4. The number of anilines is 3. The van der Waals surface area contributed by atoms with Crippen molar-refractivity contribution in [1.29, 1.82) is 0 Å². The van der Waals surface area contributed by atoms with Gasteiger partial charge in [-0.15, -0.1) is 0 Å². The molecule has 1 aromatic heterocycles. The minimum absolute atomic E-state index is 0.593. The average molecular weight is 325 g/mol. The second-order valence-electron chi connectivity index (χ2n) is 4.67. The van der Waals surface area contributed by atoms with Gasteiger partial charge >= 0.3 is 0 Å². The average Bonchev–Trinajstić information content (AvgIpc) is 2.48. The third kappa shape index (κ3) is 5.06. The molecule has 0 aliphatic heterocycles. The molecule has 1 heterocycles. The highest BCUT2D eigenvalue weighted by molar-refractivity contribution is 6.35. The standard InChI is InChI=1S/C15H18Cl2N4/c1-2-3-4-7-18-14-9-15(20-10-19-14)21-13-8-11(16)5-6-12(13)17/h5-6,8-10H,2-4,7H2,1H3,(H2,18,19,20,21). The van der Waals surface area contributed by atoms with Gasteiger partial charge in [-0.3, -0.25) is 0 Å². The van der Waals surface area contributed by atoms with Gasteiger partial charge in [-0.25, -0.2) is 9.97 Å². The van der Waals surface area contributed by atoms with E-state index in [1.165, 1.54) is 19.2 Å². The third-order valence-corrected chi connectivity index (χ3v) is 3.51. The molecule has 0 amide bonds. The Labute approximate surface area is 134 Å². The van der Waals surface area contributed by atoms with E-state index in [-0.39, 0.29) is 0 Å². The number of aromatic nitrogens is 2. The van der Waals surface area contributed by atoms with Crippen LogP contribution in [-0.2, 0) is 0 Å². The molecular weight excluding hydrogens is 307 g/mol. The molecule has 0 bridgehead atoms.